The maximum Gasteiger partial charge on any atom is 0.361 e. The molecule has 2 aromatic rings. The molecule has 7 nitrogen and oxygen atoms in total. The molecule has 1 aromatic heterocycles. The van der Waals surface area contributed by atoms with Crippen molar-refractivity contribution in [2.24, 2.45) is 0 Å². The van der Waals surface area contributed by atoms with Crippen molar-refractivity contribution in [3.8, 4) is 5.75 Å². The predicted octanol–water partition coefficient (Wildman–Crippen LogP) is 0.934. The highest BCUT2D eigenvalue weighted by Gasteiger charge is 2.19. The second kappa shape index (κ2) is 5.96. The molecule has 0 saturated carbocycles. The topological polar surface area (TPSA) is 83.3 Å². The largest absolute Gasteiger partial charge is 0.497 e. The lowest BCUT2D eigenvalue weighted by Crippen LogP contribution is -2.09. The van der Waals surface area contributed by atoms with Crippen LogP contribution in [0.3, 0.4) is 0 Å². The van der Waals surface area contributed by atoms with Crippen LogP contribution in [0.2, 0.25) is 0 Å². The van der Waals surface area contributed by atoms with Crippen LogP contribution in [0.4, 0.5) is 0 Å². The van der Waals surface area contributed by atoms with Gasteiger partial charge in [-0.1, -0.05) is 17.3 Å². The third-order valence-corrected chi connectivity index (χ3v) is 2.73. The van der Waals surface area contributed by atoms with Gasteiger partial charge < -0.3 is 9.47 Å². The summed E-state index contributed by atoms with van der Waals surface area (Å²) in [5, 5.41) is 7.47. The summed E-state index contributed by atoms with van der Waals surface area (Å²) in [5.41, 5.74) is 0.860. The lowest BCUT2D eigenvalue weighted by molar-refractivity contribution is 0.0591. The number of nitrogens with zero attached hydrogens (tertiary/aromatic N) is 3. The quantitative estimate of drug-likeness (QED) is 0.596. The average Bonchev–Trinajstić information content (AvgIpc) is 2.89. The van der Waals surface area contributed by atoms with Crippen LogP contribution in [0.25, 0.3) is 0 Å². The smallest absolute Gasteiger partial charge is 0.361 e. The summed E-state index contributed by atoms with van der Waals surface area (Å²) in [6, 6.07) is 7.31. The van der Waals surface area contributed by atoms with E-state index in [0.29, 0.717) is 18.6 Å². The Morgan fingerprint density at radius 2 is 2.20 bits per heavy atom. The monoisotopic (exact) mass is 275 g/mol. The Labute approximate surface area is 115 Å². The lowest BCUT2D eigenvalue weighted by Gasteiger charge is -2.05. The molecule has 0 aliphatic heterocycles. The minimum atomic E-state index is -0.691. The number of carbonyl (C=O) groups excluding carboxylic acids is 2. The van der Waals surface area contributed by atoms with E-state index in [1.54, 1.807) is 7.11 Å². The number of esters is 1. The van der Waals surface area contributed by atoms with Crippen LogP contribution in [-0.2, 0) is 11.3 Å². The van der Waals surface area contributed by atoms with Crippen LogP contribution in [0.15, 0.2) is 24.3 Å². The van der Waals surface area contributed by atoms with Crippen LogP contribution in [-0.4, -0.2) is 41.5 Å². The number of methoxy groups -OCH3 is 2. The Morgan fingerprint density at radius 1 is 1.40 bits per heavy atom. The fourth-order valence-corrected chi connectivity index (χ4v) is 1.74. The number of hydrogen-bond donors (Lipinski definition) is 0. The minimum absolute atomic E-state index is 0.0830. The van der Waals surface area contributed by atoms with Gasteiger partial charge in [-0.05, 0) is 17.7 Å². The molecular formula is C13H13N3O4. The van der Waals surface area contributed by atoms with Gasteiger partial charge in [0.05, 0.1) is 20.8 Å². The number of ether oxygens (including phenoxy) is 2. The van der Waals surface area contributed by atoms with Gasteiger partial charge in [0.1, 0.15) is 11.4 Å². The summed E-state index contributed by atoms with van der Waals surface area (Å²) >= 11 is 0. The van der Waals surface area contributed by atoms with E-state index in [2.05, 4.69) is 15.0 Å². The van der Waals surface area contributed by atoms with Crippen LogP contribution in [0.5, 0.6) is 5.75 Å². The third-order valence-electron chi connectivity index (χ3n) is 2.73. The number of aromatic nitrogens is 3. The predicted molar refractivity (Wildman–Crippen MR) is 68.8 cm³/mol. The summed E-state index contributed by atoms with van der Waals surface area (Å²) < 4.78 is 11.0. The van der Waals surface area contributed by atoms with E-state index in [0.717, 1.165) is 5.56 Å². The zero-order valence-electron chi connectivity index (χ0n) is 11.1. The molecule has 0 amide bonds. The number of benzene rings is 1. The van der Waals surface area contributed by atoms with Crippen molar-refractivity contribution in [2.75, 3.05) is 14.2 Å². The SMILES string of the molecule is COC(=O)c1nnn(Cc2cccc(OC)c2)c1C=O. The van der Waals surface area contributed by atoms with Gasteiger partial charge in [0.25, 0.3) is 0 Å². The van der Waals surface area contributed by atoms with Crippen LogP contribution < -0.4 is 4.74 Å². The van der Waals surface area contributed by atoms with Gasteiger partial charge in [-0.3, -0.25) is 4.79 Å². The van der Waals surface area contributed by atoms with Gasteiger partial charge >= 0.3 is 5.97 Å². The average molecular weight is 275 g/mol. The molecule has 2 rings (SSSR count). The Kier molecular flexibility index (Phi) is 4.09. The van der Waals surface area contributed by atoms with E-state index in [9.17, 15) is 9.59 Å². The van der Waals surface area contributed by atoms with Crippen LogP contribution in [0, 0.1) is 0 Å². The summed E-state index contributed by atoms with van der Waals surface area (Å²) in [7, 11) is 2.79. The minimum Gasteiger partial charge on any atom is -0.497 e. The first-order valence-electron chi connectivity index (χ1n) is 5.79. The molecule has 7 heteroatoms. The van der Waals surface area contributed by atoms with Crippen molar-refractivity contribution >= 4 is 12.3 Å². The van der Waals surface area contributed by atoms with Gasteiger partial charge in [0.2, 0.25) is 5.69 Å². The van der Waals surface area contributed by atoms with Crippen molar-refractivity contribution in [2.45, 2.75) is 6.54 Å². The summed E-state index contributed by atoms with van der Waals surface area (Å²) in [6.07, 6.45) is 0.534. The van der Waals surface area contributed by atoms with Gasteiger partial charge in [0, 0.05) is 0 Å². The molecule has 0 saturated heterocycles. The lowest BCUT2D eigenvalue weighted by atomic mass is 10.2. The first kappa shape index (κ1) is 13.7. The first-order chi connectivity index (χ1) is 9.69. The molecule has 0 spiro atoms. The maximum atomic E-state index is 11.4. The molecule has 1 aromatic carbocycles. The Morgan fingerprint density at radius 3 is 2.85 bits per heavy atom. The number of rotatable bonds is 5. The number of hydrogen-bond acceptors (Lipinski definition) is 6. The zero-order valence-corrected chi connectivity index (χ0v) is 11.1. The number of carbonyl (C=O) groups is 2. The second-order valence-electron chi connectivity index (χ2n) is 3.94. The molecule has 1 heterocycles. The highest BCUT2D eigenvalue weighted by molar-refractivity contribution is 5.95. The summed E-state index contributed by atoms with van der Waals surface area (Å²) in [4.78, 5) is 22.6. The van der Waals surface area contributed by atoms with E-state index in [4.69, 9.17) is 4.74 Å². The van der Waals surface area contributed by atoms with E-state index in [1.807, 2.05) is 24.3 Å². The van der Waals surface area contributed by atoms with Gasteiger partial charge in [-0.15, -0.1) is 5.10 Å². The van der Waals surface area contributed by atoms with E-state index in [-0.39, 0.29) is 11.4 Å². The van der Waals surface area contributed by atoms with Crippen molar-refractivity contribution in [1.82, 2.24) is 15.0 Å². The van der Waals surface area contributed by atoms with Crippen molar-refractivity contribution in [3.05, 3.63) is 41.2 Å². The normalized spacial score (nSPS) is 10.1. The Balaban J connectivity index is 2.31. The van der Waals surface area contributed by atoms with Crippen LogP contribution in [0.1, 0.15) is 26.5 Å². The van der Waals surface area contributed by atoms with Crippen LogP contribution >= 0.6 is 0 Å². The molecule has 0 atom stereocenters. The standard InChI is InChI=1S/C13H13N3O4/c1-19-10-5-3-4-9(6-10)7-16-11(8-17)12(14-15-16)13(18)20-2/h3-6,8H,7H2,1-2H3. The van der Waals surface area contributed by atoms with Gasteiger partial charge in [-0.2, -0.15) is 0 Å². The molecular weight excluding hydrogens is 262 g/mol. The highest BCUT2D eigenvalue weighted by Crippen LogP contribution is 2.14. The molecule has 20 heavy (non-hydrogen) atoms. The van der Waals surface area contributed by atoms with E-state index < -0.39 is 5.97 Å². The fourth-order valence-electron chi connectivity index (χ4n) is 1.74. The van der Waals surface area contributed by atoms with Crippen molar-refractivity contribution in [3.63, 3.8) is 0 Å². The summed E-state index contributed by atoms with van der Waals surface area (Å²) in [5.74, 6) is 0.00690. The molecule has 0 fully saturated rings. The van der Waals surface area contributed by atoms with Crippen molar-refractivity contribution in [1.29, 1.82) is 0 Å². The molecule has 104 valence electrons. The first-order valence-corrected chi connectivity index (χ1v) is 5.79. The molecule has 0 radical (unpaired) electrons. The van der Waals surface area contributed by atoms with Crippen molar-refractivity contribution < 1.29 is 19.1 Å². The fraction of sp³-hybridized carbons (Fsp3) is 0.231. The van der Waals surface area contributed by atoms with Gasteiger partial charge in [-0.25, -0.2) is 9.48 Å². The third kappa shape index (κ3) is 2.66. The summed E-state index contributed by atoms with van der Waals surface area (Å²) in [6.45, 7) is 0.301. The second-order valence-corrected chi connectivity index (χ2v) is 3.94. The molecule has 0 aliphatic carbocycles. The number of aldehydes is 1. The Hall–Kier alpha value is -2.70. The molecule has 0 aliphatic rings. The highest BCUT2D eigenvalue weighted by atomic mass is 16.5. The molecule has 0 bridgehead atoms. The zero-order chi connectivity index (χ0) is 14.5. The molecule has 0 N–H and O–H groups in total. The molecule has 0 unspecified atom stereocenters. The van der Waals surface area contributed by atoms with Gasteiger partial charge in [0.15, 0.2) is 6.29 Å². The Bertz CT molecular complexity index is 636. The van der Waals surface area contributed by atoms with E-state index in [1.165, 1.54) is 11.8 Å². The maximum absolute atomic E-state index is 11.4. The van der Waals surface area contributed by atoms with E-state index >= 15 is 0 Å².